The molecule has 0 amide bonds. The molecular formula is C21H22O3S2. The molecule has 0 radical (unpaired) electrons. The molecule has 0 saturated heterocycles. The number of allylic oxidation sites excluding steroid dienone is 1. The summed E-state index contributed by atoms with van der Waals surface area (Å²) in [5.41, 5.74) is 4.83. The lowest BCUT2D eigenvalue weighted by Crippen LogP contribution is -2.26. The van der Waals surface area contributed by atoms with Crippen molar-refractivity contribution in [1.82, 2.24) is 0 Å². The van der Waals surface area contributed by atoms with Crippen molar-refractivity contribution in [1.29, 1.82) is 0 Å². The van der Waals surface area contributed by atoms with Crippen LogP contribution in [-0.2, 0) is 4.08 Å². The highest BCUT2D eigenvalue weighted by Crippen LogP contribution is 2.52. The van der Waals surface area contributed by atoms with E-state index in [9.17, 15) is 4.79 Å². The Morgan fingerprint density at radius 1 is 1.12 bits per heavy atom. The lowest BCUT2D eigenvalue weighted by molar-refractivity contribution is 0.0697. The van der Waals surface area contributed by atoms with Gasteiger partial charge in [-0.05, 0) is 60.4 Å². The summed E-state index contributed by atoms with van der Waals surface area (Å²) in [5.74, 6) is 0.0692. The van der Waals surface area contributed by atoms with Crippen LogP contribution in [-0.4, -0.2) is 30.2 Å². The van der Waals surface area contributed by atoms with E-state index >= 15 is 0 Å². The van der Waals surface area contributed by atoms with E-state index in [4.69, 9.17) is 9.84 Å². The number of thioether (sulfide) groups is 2. The number of rotatable bonds is 5. The average molecular weight is 387 g/mol. The van der Waals surface area contributed by atoms with Gasteiger partial charge in [-0.2, -0.15) is 0 Å². The molecule has 136 valence electrons. The van der Waals surface area contributed by atoms with E-state index in [-0.39, 0.29) is 4.08 Å². The molecule has 0 bridgehead atoms. The Labute approximate surface area is 162 Å². The van der Waals surface area contributed by atoms with Gasteiger partial charge in [0.05, 0.1) is 16.2 Å². The molecule has 3 nitrogen and oxygen atoms in total. The molecule has 1 N–H and O–H groups in total. The Bertz CT molecular complexity index is 837. The number of carbonyl (C=O) groups is 1. The summed E-state index contributed by atoms with van der Waals surface area (Å²) in [6.07, 6.45) is 7.39. The fourth-order valence-corrected chi connectivity index (χ4v) is 5.19. The second kappa shape index (κ2) is 7.80. The maximum atomic E-state index is 11.0. The first kappa shape index (κ1) is 18.9. The third-order valence-electron chi connectivity index (χ3n) is 4.73. The molecule has 26 heavy (non-hydrogen) atoms. The molecule has 0 spiro atoms. The predicted octanol–water partition coefficient (Wildman–Crippen LogP) is 5.61. The molecule has 3 rings (SSSR count). The SMILES string of the molecule is CSC1(SC)CCOc2ccc(/C(C)=C\c3ccc(C(=O)O)cc3)cc21. The van der Waals surface area contributed by atoms with Gasteiger partial charge in [0.2, 0.25) is 0 Å². The van der Waals surface area contributed by atoms with Crippen LogP contribution < -0.4 is 4.74 Å². The van der Waals surface area contributed by atoms with E-state index in [1.807, 2.05) is 35.7 Å². The summed E-state index contributed by atoms with van der Waals surface area (Å²) in [7, 11) is 0. The van der Waals surface area contributed by atoms with Crippen LogP contribution in [0.5, 0.6) is 5.75 Å². The summed E-state index contributed by atoms with van der Waals surface area (Å²) in [5, 5.41) is 9.01. The molecule has 2 aromatic carbocycles. The maximum absolute atomic E-state index is 11.0. The Morgan fingerprint density at radius 2 is 1.77 bits per heavy atom. The molecule has 0 unspecified atom stereocenters. The molecule has 0 saturated carbocycles. The van der Waals surface area contributed by atoms with Gasteiger partial charge in [0.1, 0.15) is 5.75 Å². The van der Waals surface area contributed by atoms with Gasteiger partial charge in [0.25, 0.3) is 0 Å². The van der Waals surface area contributed by atoms with Crippen molar-refractivity contribution >= 4 is 41.1 Å². The maximum Gasteiger partial charge on any atom is 0.335 e. The van der Waals surface area contributed by atoms with E-state index in [1.54, 1.807) is 12.1 Å². The Hall–Kier alpha value is -1.85. The number of carboxylic acids is 1. The van der Waals surface area contributed by atoms with Gasteiger partial charge in [-0.15, -0.1) is 23.5 Å². The fourth-order valence-electron chi connectivity index (χ4n) is 3.19. The Morgan fingerprint density at radius 3 is 2.38 bits per heavy atom. The van der Waals surface area contributed by atoms with Gasteiger partial charge in [0, 0.05) is 12.0 Å². The zero-order chi connectivity index (χ0) is 18.7. The van der Waals surface area contributed by atoms with Crippen LogP contribution in [0, 0.1) is 0 Å². The number of ether oxygens (including phenoxy) is 1. The monoisotopic (exact) mass is 386 g/mol. The second-order valence-electron chi connectivity index (χ2n) is 6.23. The van der Waals surface area contributed by atoms with Crippen molar-refractivity contribution in [2.45, 2.75) is 17.4 Å². The summed E-state index contributed by atoms with van der Waals surface area (Å²) >= 11 is 3.74. The van der Waals surface area contributed by atoms with E-state index in [0.29, 0.717) is 5.56 Å². The predicted molar refractivity (Wildman–Crippen MR) is 112 cm³/mol. The summed E-state index contributed by atoms with van der Waals surface area (Å²) in [6.45, 7) is 2.83. The first-order chi connectivity index (χ1) is 12.5. The molecule has 2 aromatic rings. The smallest absolute Gasteiger partial charge is 0.335 e. The van der Waals surface area contributed by atoms with Crippen molar-refractivity contribution in [3.05, 3.63) is 64.7 Å². The molecule has 5 heteroatoms. The minimum absolute atomic E-state index is 0.0347. The molecule has 0 aromatic heterocycles. The summed E-state index contributed by atoms with van der Waals surface area (Å²) < 4.78 is 5.90. The van der Waals surface area contributed by atoms with Gasteiger partial charge >= 0.3 is 5.97 Å². The largest absolute Gasteiger partial charge is 0.493 e. The minimum Gasteiger partial charge on any atom is -0.493 e. The molecule has 1 heterocycles. The van der Waals surface area contributed by atoms with E-state index in [1.165, 1.54) is 5.56 Å². The third kappa shape index (κ3) is 3.64. The average Bonchev–Trinajstić information content (AvgIpc) is 2.67. The Balaban J connectivity index is 1.95. The van der Waals surface area contributed by atoms with E-state index < -0.39 is 5.97 Å². The fraction of sp³-hybridized carbons (Fsp3) is 0.286. The van der Waals surface area contributed by atoms with Crippen molar-refractivity contribution in [2.24, 2.45) is 0 Å². The Kier molecular flexibility index (Phi) is 5.68. The van der Waals surface area contributed by atoms with Gasteiger partial charge < -0.3 is 9.84 Å². The number of hydrogen-bond acceptors (Lipinski definition) is 4. The molecule has 0 atom stereocenters. The normalized spacial score (nSPS) is 15.9. The lowest BCUT2D eigenvalue weighted by atomic mass is 9.97. The first-order valence-electron chi connectivity index (χ1n) is 8.39. The zero-order valence-corrected chi connectivity index (χ0v) is 16.7. The zero-order valence-electron chi connectivity index (χ0n) is 15.1. The number of aromatic carboxylic acids is 1. The molecule has 0 aliphatic carbocycles. The van der Waals surface area contributed by atoms with Crippen molar-refractivity contribution < 1.29 is 14.6 Å². The van der Waals surface area contributed by atoms with Crippen molar-refractivity contribution in [3.8, 4) is 5.75 Å². The first-order valence-corrected chi connectivity index (χ1v) is 10.8. The molecule has 0 fully saturated rings. The van der Waals surface area contributed by atoms with Gasteiger partial charge in [-0.1, -0.05) is 24.3 Å². The van der Waals surface area contributed by atoms with Crippen LogP contribution >= 0.6 is 23.5 Å². The number of hydrogen-bond donors (Lipinski definition) is 1. The minimum atomic E-state index is -0.905. The van der Waals surface area contributed by atoms with Crippen LogP contribution in [0.15, 0.2) is 42.5 Å². The van der Waals surface area contributed by atoms with Gasteiger partial charge in [0.15, 0.2) is 0 Å². The van der Waals surface area contributed by atoms with Crippen LogP contribution in [0.25, 0.3) is 11.6 Å². The van der Waals surface area contributed by atoms with Crippen molar-refractivity contribution in [2.75, 3.05) is 19.1 Å². The number of benzene rings is 2. The van der Waals surface area contributed by atoms with Crippen LogP contribution in [0.1, 0.15) is 40.4 Å². The summed E-state index contributed by atoms with van der Waals surface area (Å²) in [4.78, 5) is 11.0. The molecule has 1 aliphatic rings. The highest BCUT2D eigenvalue weighted by atomic mass is 32.2. The summed E-state index contributed by atoms with van der Waals surface area (Å²) in [6, 6.07) is 13.3. The second-order valence-corrected chi connectivity index (χ2v) is 8.69. The van der Waals surface area contributed by atoms with E-state index in [2.05, 4.69) is 43.7 Å². The van der Waals surface area contributed by atoms with Gasteiger partial charge in [-0.25, -0.2) is 4.79 Å². The van der Waals surface area contributed by atoms with Crippen LogP contribution in [0.2, 0.25) is 0 Å². The number of fused-ring (bicyclic) bond motifs is 1. The highest BCUT2D eigenvalue weighted by molar-refractivity contribution is 8.16. The van der Waals surface area contributed by atoms with Crippen LogP contribution in [0.3, 0.4) is 0 Å². The third-order valence-corrected chi connectivity index (χ3v) is 7.90. The van der Waals surface area contributed by atoms with Crippen LogP contribution in [0.4, 0.5) is 0 Å². The highest BCUT2D eigenvalue weighted by Gasteiger charge is 2.36. The number of carboxylic acid groups (broad SMARTS) is 1. The van der Waals surface area contributed by atoms with E-state index in [0.717, 1.165) is 35.5 Å². The standard InChI is InChI=1S/C21H22O3S2/c1-14(12-15-4-6-16(7-5-15)20(22)23)17-8-9-19-18(13-17)21(25-2,26-3)10-11-24-19/h4-9,12-13H,10-11H2,1-3H3,(H,22,23)/b14-12-. The topological polar surface area (TPSA) is 46.5 Å². The van der Waals surface area contributed by atoms with Gasteiger partial charge in [-0.3, -0.25) is 0 Å². The molecule has 1 aliphatic heterocycles. The van der Waals surface area contributed by atoms with Crippen molar-refractivity contribution in [3.63, 3.8) is 0 Å². The quantitative estimate of drug-likeness (QED) is 0.535. The lowest BCUT2D eigenvalue weighted by Gasteiger charge is -2.36. The molecular weight excluding hydrogens is 364 g/mol.